The molecule has 0 aliphatic heterocycles. The molecule has 0 aliphatic rings. The number of rotatable bonds is 6. The fourth-order valence-corrected chi connectivity index (χ4v) is 3.55. The van der Waals surface area contributed by atoms with Crippen molar-refractivity contribution in [3.63, 3.8) is 0 Å². The van der Waals surface area contributed by atoms with Gasteiger partial charge in [-0.25, -0.2) is 4.98 Å². The number of anilines is 1. The van der Waals surface area contributed by atoms with E-state index in [1.165, 1.54) is 11.3 Å². The first kappa shape index (κ1) is 19.1. The van der Waals surface area contributed by atoms with E-state index in [-0.39, 0.29) is 24.8 Å². The summed E-state index contributed by atoms with van der Waals surface area (Å²) in [6.45, 7) is 2.05. The SMILES string of the molecule is Cc1nc(-c2ccc(Cl)cc2)sc1C(=O)NCCC(=O)Nc1ccccc1. The molecule has 138 valence electrons. The maximum atomic E-state index is 12.4. The summed E-state index contributed by atoms with van der Waals surface area (Å²) < 4.78 is 0. The largest absolute Gasteiger partial charge is 0.351 e. The molecule has 0 aliphatic carbocycles. The minimum Gasteiger partial charge on any atom is -0.351 e. The Morgan fingerprint density at radius 2 is 1.78 bits per heavy atom. The van der Waals surface area contributed by atoms with Crippen LogP contribution in [-0.4, -0.2) is 23.3 Å². The Hall–Kier alpha value is -2.70. The Kier molecular flexibility index (Phi) is 6.21. The summed E-state index contributed by atoms with van der Waals surface area (Å²) in [7, 11) is 0. The van der Waals surface area contributed by atoms with Crippen molar-refractivity contribution in [1.82, 2.24) is 10.3 Å². The van der Waals surface area contributed by atoms with Gasteiger partial charge in [0.1, 0.15) is 9.88 Å². The number of nitrogens with zero attached hydrogens (tertiary/aromatic N) is 1. The van der Waals surface area contributed by atoms with E-state index in [1.54, 1.807) is 19.1 Å². The van der Waals surface area contributed by atoms with Gasteiger partial charge in [-0.2, -0.15) is 0 Å². The molecule has 0 fully saturated rings. The second-order valence-electron chi connectivity index (χ2n) is 5.86. The fraction of sp³-hybridized carbons (Fsp3) is 0.150. The van der Waals surface area contributed by atoms with Gasteiger partial charge in [0.25, 0.3) is 5.91 Å². The van der Waals surface area contributed by atoms with E-state index in [0.29, 0.717) is 15.6 Å². The van der Waals surface area contributed by atoms with Crippen LogP contribution < -0.4 is 10.6 Å². The van der Waals surface area contributed by atoms with Crippen LogP contribution in [0.5, 0.6) is 0 Å². The van der Waals surface area contributed by atoms with Crippen LogP contribution in [0.15, 0.2) is 54.6 Å². The molecule has 27 heavy (non-hydrogen) atoms. The van der Waals surface area contributed by atoms with Crippen molar-refractivity contribution < 1.29 is 9.59 Å². The maximum absolute atomic E-state index is 12.4. The molecule has 0 saturated carbocycles. The summed E-state index contributed by atoms with van der Waals surface area (Å²) >= 11 is 7.23. The number of aryl methyl sites for hydroxylation is 1. The van der Waals surface area contributed by atoms with Crippen LogP contribution in [0.1, 0.15) is 21.8 Å². The molecule has 2 amide bonds. The summed E-state index contributed by atoms with van der Waals surface area (Å²) in [6.07, 6.45) is 0.197. The number of thiazole rings is 1. The molecule has 1 heterocycles. The second kappa shape index (κ2) is 8.79. The van der Waals surface area contributed by atoms with Gasteiger partial charge < -0.3 is 10.6 Å². The highest BCUT2D eigenvalue weighted by Gasteiger charge is 2.16. The Morgan fingerprint density at radius 3 is 2.48 bits per heavy atom. The number of hydrogen-bond acceptors (Lipinski definition) is 4. The zero-order valence-corrected chi connectivity index (χ0v) is 16.2. The molecule has 0 atom stereocenters. The highest BCUT2D eigenvalue weighted by atomic mass is 35.5. The number of carbonyl (C=O) groups excluding carboxylic acids is 2. The number of benzene rings is 2. The topological polar surface area (TPSA) is 71.1 Å². The zero-order valence-electron chi connectivity index (χ0n) is 14.7. The third-order valence-electron chi connectivity index (χ3n) is 3.79. The van der Waals surface area contributed by atoms with Crippen LogP contribution in [0.2, 0.25) is 5.02 Å². The third kappa shape index (κ3) is 5.15. The van der Waals surface area contributed by atoms with Crippen molar-refractivity contribution in [2.75, 3.05) is 11.9 Å². The molecular weight excluding hydrogens is 382 g/mol. The number of amides is 2. The van der Waals surface area contributed by atoms with Crippen LogP contribution in [-0.2, 0) is 4.79 Å². The van der Waals surface area contributed by atoms with E-state index in [1.807, 2.05) is 42.5 Å². The van der Waals surface area contributed by atoms with Gasteiger partial charge in [0.05, 0.1) is 5.69 Å². The Labute approximate surface area is 166 Å². The molecule has 3 rings (SSSR count). The van der Waals surface area contributed by atoms with E-state index in [0.717, 1.165) is 16.3 Å². The summed E-state index contributed by atoms with van der Waals surface area (Å²) in [4.78, 5) is 29.4. The summed E-state index contributed by atoms with van der Waals surface area (Å²) in [5.74, 6) is -0.373. The molecule has 1 aromatic heterocycles. The first-order valence-corrected chi connectivity index (χ1v) is 9.59. The van der Waals surface area contributed by atoms with Crippen molar-refractivity contribution in [3.8, 4) is 10.6 Å². The Morgan fingerprint density at radius 1 is 1.07 bits per heavy atom. The van der Waals surface area contributed by atoms with Crippen LogP contribution in [0.4, 0.5) is 5.69 Å². The first-order valence-electron chi connectivity index (χ1n) is 8.39. The van der Waals surface area contributed by atoms with Gasteiger partial charge in [0.2, 0.25) is 5.91 Å². The molecule has 0 bridgehead atoms. The lowest BCUT2D eigenvalue weighted by atomic mass is 10.2. The van der Waals surface area contributed by atoms with Crippen LogP contribution in [0.25, 0.3) is 10.6 Å². The maximum Gasteiger partial charge on any atom is 0.263 e. The van der Waals surface area contributed by atoms with Gasteiger partial charge in [0.15, 0.2) is 0 Å². The van der Waals surface area contributed by atoms with Crippen molar-refractivity contribution >= 4 is 40.4 Å². The highest BCUT2D eigenvalue weighted by molar-refractivity contribution is 7.17. The number of hydrogen-bond donors (Lipinski definition) is 2. The molecule has 3 aromatic rings. The number of nitrogens with one attached hydrogen (secondary N) is 2. The van der Waals surface area contributed by atoms with E-state index in [2.05, 4.69) is 15.6 Å². The molecule has 0 saturated heterocycles. The molecule has 2 aromatic carbocycles. The third-order valence-corrected chi connectivity index (χ3v) is 5.25. The van der Waals surface area contributed by atoms with Crippen LogP contribution in [0, 0.1) is 6.92 Å². The number of para-hydroxylation sites is 1. The average molecular weight is 400 g/mol. The minimum absolute atomic E-state index is 0.149. The standard InChI is InChI=1S/C20H18ClN3O2S/c1-13-18(27-20(23-13)14-7-9-15(21)10-8-14)19(26)22-12-11-17(25)24-16-5-3-2-4-6-16/h2-10H,11-12H2,1H3,(H,22,26)(H,24,25). The summed E-state index contributed by atoms with van der Waals surface area (Å²) in [5.41, 5.74) is 2.31. The fourth-order valence-electron chi connectivity index (χ4n) is 2.44. The van der Waals surface area contributed by atoms with E-state index >= 15 is 0 Å². The Bertz CT molecular complexity index is 940. The van der Waals surface area contributed by atoms with Gasteiger partial charge in [-0.1, -0.05) is 41.9 Å². The van der Waals surface area contributed by atoms with Crippen molar-refractivity contribution in [3.05, 3.63) is 70.2 Å². The monoisotopic (exact) mass is 399 g/mol. The number of halogens is 1. The minimum atomic E-state index is -0.224. The normalized spacial score (nSPS) is 10.4. The van der Waals surface area contributed by atoms with Gasteiger partial charge in [-0.3, -0.25) is 9.59 Å². The molecule has 2 N–H and O–H groups in total. The summed E-state index contributed by atoms with van der Waals surface area (Å²) in [5, 5.41) is 6.98. The predicted molar refractivity (Wildman–Crippen MR) is 109 cm³/mol. The molecule has 0 spiro atoms. The quantitative estimate of drug-likeness (QED) is 0.639. The van der Waals surface area contributed by atoms with Crippen LogP contribution >= 0.6 is 22.9 Å². The van der Waals surface area contributed by atoms with Gasteiger partial charge in [0, 0.05) is 29.2 Å². The Balaban J connectivity index is 1.55. The molecule has 5 nitrogen and oxygen atoms in total. The van der Waals surface area contributed by atoms with Gasteiger partial charge >= 0.3 is 0 Å². The van der Waals surface area contributed by atoms with Crippen LogP contribution in [0.3, 0.4) is 0 Å². The average Bonchev–Trinajstić information content (AvgIpc) is 3.05. The lowest BCUT2D eigenvalue weighted by Crippen LogP contribution is -2.27. The predicted octanol–water partition coefficient (Wildman–Crippen LogP) is 4.53. The molecule has 0 unspecified atom stereocenters. The van der Waals surface area contributed by atoms with Crippen molar-refractivity contribution in [2.45, 2.75) is 13.3 Å². The van der Waals surface area contributed by atoms with Gasteiger partial charge in [-0.15, -0.1) is 11.3 Å². The lowest BCUT2D eigenvalue weighted by Gasteiger charge is -2.06. The second-order valence-corrected chi connectivity index (χ2v) is 7.30. The molecular formula is C20H18ClN3O2S. The lowest BCUT2D eigenvalue weighted by molar-refractivity contribution is -0.116. The van der Waals surface area contributed by atoms with Crippen molar-refractivity contribution in [2.24, 2.45) is 0 Å². The van der Waals surface area contributed by atoms with Crippen molar-refractivity contribution in [1.29, 1.82) is 0 Å². The van der Waals surface area contributed by atoms with Gasteiger partial charge in [-0.05, 0) is 31.2 Å². The van der Waals surface area contributed by atoms with E-state index in [4.69, 9.17) is 11.6 Å². The molecule has 7 heteroatoms. The number of aromatic nitrogens is 1. The highest BCUT2D eigenvalue weighted by Crippen LogP contribution is 2.28. The van der Waals surface area contributed by atoms with E-state index < -0.39 is 0 Å². The first-order chi connectivity index (χ1) is 13.0. The number of carbonyl (C=O) groups is 2. The molecule has 0 radical (unpaired) electrons. The smallest absolute Gasteiger partial charge is 0.263 e. The van der Waals surface area contributed by atoms with E-state index in [9.17, 15) is 9.59 Å². The zero-order chi connectivity index (χ0) is 19.2. The summed E-state index contributed by atoms with van der Waals surface area (Å²) in [6, 6.07) is 16.5.